The van der Waals surface area contributed by atoms with Crippen molar-refractivity contribution in [2.75, 3.05) is 18.0 Å². The second-order valence-corrected chi connectivity index (χ2v) is 8.49. The molecule has 5 heteroatoms. The largest absolute Gasteiger partial charge is 0.353 e. The molecule has 2 aromatic carbocycles. The highest BCUT2D eigenvalue weighted by atomic mass is 16.1. The topological polar surface area (TPSA) is 50.2 Å². The van der Waals surface area contributed by atoms with Crippen molar-refractivity contribution in [2.45, 2.75) is 52.6 Å². The van der Waals surface area contributed by atoms with E-state index in [0.717, 1.165) is 55.9 Å². The van der Waals surface area contributed by atoms with Gasteiger partial charge in [0.2, 0.25) is 11.9 Å². The molecular formula is C25H32N4O. The molecule has 3 aromatic rings. The van der Waals surface area contributed by atoms with Crippen LogP contribution in [0.5, 0.6) is 0 Å². The molecule has 1 aliphatic rings. The molecule has 2 heterocycles. The van der Waals surface area contributed by atoms with Gasteiger partial charge < -0.3 is 14.8 Å². The Morgan fingerprint density at radius 2 is 1.83 bits per heavy atom. The minimum atomic E-state index is 0.101. The van der Waals surface area contributed by atoms with Gasteiger partial charge in [-0.05, 0) is 56.4 Å². The van der Waals surface area contributed by atoms with Crippen LogP contribution >= 0.6 is 0 Å². The van der Waals surface area contributed by atoms with E-state index in [1.807, 2.05) is 6.07 Å². The van der Waals surface area contributed by atoms with Crippen LogP contribution in [0.2, 0.25) is 0 Å². The van der Waals surface area contributed by atoms with E-state index in [4.69, 9.17) is 4.98 Å². The monoisotopic (exact) mass is 404 g/mol. The van der Waals surface area contributed by atoms with Crippen LogP contribution in [0.15, 0.2) is 48.5 Å². The Morgan fingerprint density at radius 1 is 1.13 bits per heavy atom. The number of nitrogens with zero attached hydrogens (tertiary/aromatic N) is 3. The van der Waals surface area contributed by atoms with Gasteiger partial charge in [-0.1, -0.05) is 43.3 Å². The van der Waals surface area contributed by atoms with Crippen molar-refractivity contribution in [1.82, 2.24) is 14.9 Å². The lowest BCUT2D eigenvalue weighted by Crippen LogP contribution is -2.43. The third kappa shape index (κ3) is 4.20. The summed E-state index contributed by atoms with van der Waals surface area (Å²) in [6.07, 6.45) is 2.71. The zero-order chi connectivity index (χ0) is 21.1. The summed E-state index contributed by atoms with van der Waals surface area (Å²) in [4.78, 5) is 19.9. The molecule has 1 saturated heterocycles. The lowest BCUT2D eigenvalue weighted by atomic mass is 9.95. The Kier molecular flexibility index (Phi) is 6.07. The summed E-state index contributed by atoms with van der Waals surface area (Å²) in [7, 11) is 0. The lowest BCUT2D eigenvalue weighted by molar-refractivity contribution is -0.126. The summed E-state index contributed by atoms with van der Waals surface area (Å²) in [5, 5.41) is 3.15. The molecule has 0 bridgehead atoms. The number of benzene rings is 2. The molecule has 0 aliphatic carbocycles. The third-order valence-corrected chi connectivity index (χ3v) is 6.37. The van der Waals surface area contributed by atoms with Gasteiger partial charge in [-0.3, -0.25) is 4.79 Å². The Labute approximate surface area is 179 Å². The summed E-state index contributed by atoms with van der Waals surface area (Å²) < 4.78 is 2.33. The SMILES string of the molecule is CC[C@H](C)NC(=O)C1CCN(c2nc3ccccc3n2Cc2ccccc2C)CC1. The number of hydrogen-bond acceptors (Lipinski definition) is 3. The van der Waals surface area contributed by atoms with Crippen molar-refractivity contribution in [2.24, 2.45) is 5.92 Å². The van der Waals surface area contributed by atoms with Crippen LogP contribution in [0.1, 0.15) is 44.2 Å². The summed E-state index contributed by atoms with van der Waals surface area (Å²) in [5.41, 5.74) is 4.79. The highest BCUT2D eigenvalue weighted by molar-refractivity contribution is 5.80. The van der Waals surface area contributed by atoms with Gasteiger partial charge in [0, 0.05) is 25.0 Å². The van der Waals surface area contributed by atoms with Crippen LogP contribution in [0.3, 0.4) is 0 Å². The number of anilines is 1. The molecule has 1 fully saturated rings. The van der Waals surface area contributed by atoms with E-state index in [9.17, 15) is 4.79 Å². The van der Waals surface area contributed by atoms with Crippen molar-refractivity contribution in [3.8, 4) is 0 Å². The van der Waals surface area contributed by atoms with Crippen molar-refractivity contribution >= 4 is 22.9 Å². The fraction of sp³-hybridized carbons (Fsp3) is 0.440. The molecule has 1 aromatic heterocycles. The van der Waals surface area contributed by atoms with Gasteiger partial charge in [-0.25, -0.2) is 4.98 Å². The smallest absolute Gasteiger partial charge is 0.223 e. The zero-order valence-corrected chi connectivity index (χ0v) is 18.3. The van der Waals surface area contributed by atoms with E-state index in [-0.39, 0.29) is 17.9 Å². The predicted molar refractivity (Wildman–Crippen MR) is 123 cm³/mol. The van der Waals surface area contributed by atoms with Gasteiger partial charge >= 0.3 is 0 Å². The Balaban J connectivity index is 1.56. The average Bonchev–Trinajstić information content (AvgIpc) is 3.13. The number of aryl methyl sites for hydroxylation is 1. The van der Waals surface area contributed by atoms with Gasteiger partial charge in [0.1, 0.15) is 0 Å². The number of rotatable bonds is 6. The highest BCUT2D eigenvalue weighted by Gasteiger charge is 2.28. The van der Waals surface area contributed by atoms with E-state index < -0.39 is 0 Å². The molecule has 0 radical (unpaired) electrons. The Hall–Kier alpha value is -2.82. The van der Waals surface area contributed by atoms with Crippen LogP contribution in [0, 0.1) is 12.8 Å². The van der Waals surface area contributed by atoms with E-state index in [0.29, 0.717) is 0 Å². The predicted octanol–water partition coefficient (Wildman–Crippen LogP) is 4.52. The van der Waals surface area contributed by atoms with Crippen molar-refractivity contribution in [3.63, 3.8) is 0 Å². The van der Waals surface area contributed by atoms with Gasteiger partial charge in [0.15, 0.2) is 0 Å². The molecule has 1 atom stereocenters. The summed E-state index contributed by atoms with van der Waals surface area (Å²) in [6, 6.07) is 17.1. The van der Waals surface area contributed by atoms with Gasteiger partial charge in [-0.2, -0.15) is 0 Å². The maximum Gasteiger partial charge on any atom is 0.223 e. The molecular weight excluding hydrogens is 372 g/mol. The number of hydrogen-bond donors (Lipinski definition) is 1. The normalized spacial score (nSPS) is 16.0. The van der Waals surface area contributed by atoms with Crippen molar-refractivity contribution in [1.29, 1.82) is 0 Å². The van der Waals surface area contributed by atoms with Crippen LogP contribution in [0.4, 0.5) is 5.95 Å². The molecule has 1 N–H and O–H groups in total. The van der Waals surface area contributed by atoms with Gasteiger partial charge in [-0.15, -0.1) is 0 Å². The van der Waals surface area contributed by atoms with Crippen molar-refractivity contribution < 1.29 is 4.79 Å². The first kappa shape index (κ1) is 20.5. The Bertz CT molecular complexity index is 1020. The molecule has 158 valence electrons. The number of fused-ring (bicyclic) bond motifs is 1. The number of carbonyl (C=O) groups excluding carboxylic acids is 1. The average molecular weight is 405 g/mol. The number of imidazole rings is 1. The second-order valence-electron chi connectivity index (χ2n) is 8.49. The zero-order valence-electron chi connectivity index (χ0n) is 18.3. The first-order valence-electron chi connectivity index (χ1n) is 11.1. The first-order chi connectivity index (χ1) is 14.6. The summed E-state index contributed by atoms with van der Waals surface area (Å²) in [5.74, 6) is 1.32. The minimum Gasteiger partial charge on any atom is -0.353 e. The quantitative estimate of drug-likeness (QED) is 0.657. The van der Waals surface area contributed by atoms with Gasteiger partial charge in [0.25, 0.3) is 0 Å². The van der Waals surface area contributed by atoms with E-state index >= 15 is 0 Å². The number of carbonyl (C=O) groups is 1. The number of piperidine rings is 1. The van der Waals surface area contributed by atoms with Crippen LogP contribution < -0.4 is 10.2 Å². The number of para-hydroxylation sites is 2. The van der Waals surface area contributed by atoms with Crippen LogP contribution in [-0.4, -0.2) is 34.6 Å². The lowest BCUT2D eigenvalue weighted by Gasteiger charge is -2.33. The summed E-state index contributed by atoms with van der Waals surface area (Å²) in [6.45, 7) is 8.85. The third-order valence-electron chi connectivity index (χ3n) is 6.37. The molecule has 0 spiro atoms. The first-order valence-corrected chi connectivity index (χ1v) is 11.1. The number of amides is 1. The maximum atomic E-state index is 12.5. The number of nitrogens with one attached hydrogen (secondary N) is 1. The van der Waals surface area contributed by atoms with E-state index in [1.54, 1.807) is 0 Å². The minimum absolute atomic E-state index is 0.101. The van der Waals surface area contributed by atoms with E-state index in [1.165, 1.54) is 11.1 Å². The molecule has 5 nitrogen and oxygen atoms in total. The van der Waals surface area contributed by atoms with E-state index in [2.05, 4.69) is 78.0 Å². The molecule has 4 rings (SSSR count). The number of aromatic nitrogens is 2. The molecule has 0 unspecified atom stereocenters. The molecule has 1 aliphatic heterocycles. The Morgan fingerprint density at radius 3 is 2.57 bits per heavy atom. The standard InChI is InChI=1S/C25H32N4O/c1-4-19(3)26-24(30)20-13-15-28(16-14-20)25-27-22-11-7-8-12-23(22)29(25)17-21-10-6-5-9-18(21)2/h5-12,19-20H,4,13-17H2,1-3H3,(H,26,30)/t19-/m0/s1. The highest BCUT2D eigenvalue weighted by Crippen LogP contribution is 2.28. The van der Waals surface area contributed by atoms with Crippen LogP contribution in [-0.2, 0) is 11.3 Å². The molecule has 30 heavy (non-hydrogen) atoms. The molecule has 0 saturated carbocycles. The fourth-order valence-electron chi connectivity index (χ4n) is 4.22. The van der Waals surface area contributed by atoms with Gasteiger partial charge in [0.05, 0.1) is 17.6 Å². The fourth-order valence-corrected chi connectivity index (χ4v) is 4.22. The maximum absolute atomic E-state index is 12.5. The van der Waals surface area contributed by atoms with Crippen LogP contribution in [0.25, 0.3) is 11.0 Å². The summed E-state index contributed by atoms with van der Waals surface area (Å²) >= 11 is 0. The second kappa shape index (κ2) is 8.90. The molecule has 1 amide bonds. The van der Waals surface area contributed by atoms with Crippen molar-refractivity contribution in [3.05, 3.63) is 59.7 Å².